The SMILES string of the molecule is Cc1nc2c3c(c(C(=O)N4CCC4)cn2c1C)CC[C@H](c1ccccc1)O3. The molecule has 2 aliphatic rings. The number of ether oxygens (including phenoxy) is 1. The minimum atomic E-state index is -0.00540. The second kappa shape index (κ2) is 6.12. The average molecular weight is 361 g/mol. The van der Waals surface area contributed by atoms with E-state index in [0.717, 1.165) is 66.3 Å². The summed E-state index contributed by atoms with van der Waals surface area (Å²) in [5.74, 6) is 0.893. The van der Waals surface area contributed by atoms with Gasteiger partial charge < -0.3 is 14.0 Å². The molecule has 1 atom stereocenters. The van der Waals surface area contributed by atoms with Gasteiger partial charge in [-0.1, -0.05) is 30.3 Å². The van der Waals surface area contributed by atoms with Crippen molar-refractivity contribution in [3.8, 4) is 5.75 Å². The van der Waals surface area contributed by atoms with Gasteiger partial charge in [-0.2, -0.15) is 0 Å². The monoisotopic (exact) mass is 361 g/mol. The number of aromatic nitrogens is 2. The molecule has 0 saturated carbocycles. The van der Waals surface area contributed by atoms with Gasteiger partial charge >= 0.3 is 0 Å². The number of imidazole rings is 1. The normalized spacial score (nSPS) is 18.7. The van der Waals surface area contributed by atoms with Gasteiger partial charge in [0.25, 0.3) is 5.91 Å². The van der Waals surface area contributed by atoms with Gasteiger partial charge in [0.2, 0.25) is 0 Å². The first kappa shape index (κ1) is 16.4. The molecular formula is C22H23N3O2. The molecule has 27 heavy (non-hydrogen) atoms. The fourth-order valence-corrected chi connectivity index (χ4v) is 4.03. The van der Waals surface area contributed by atoms with Crippen molar-refractivity contribution in [3.05, 3.63) is 64.6 Å². The zero-order valence-corrected chi connectivity index (χ0v) is 15.7. The number of carbonyl (C=O) groups is 1. The summed E-state index contributed by atoms with van der Waals surface area (Å²) in [6.07, 6.45) is 4.74. The number of amides is 1. The predicted octanol–water partition coefficient (Wildman–Crippen LogP) is 3.86. The molecule has 0 radical (unpaired) electrons. The van der Waals surface area contributed by atoms with Gasteiger partial charge in [0.05, 0.1) is 11.3 Å². The van der Waals surface area contributed by atoms with E-state index in [1.165, 1.54) is 5.56 Å². The third-order valence-corrected chi connectivity index (χ3v) is 5.91. The molecule has 5 heteroatoms. The van der Waals surface area contributed by atoms with Crippen molar-refractivity contribution < 1.29 is 9.53 Å². The topological polar surface area (TPSA) is 46.8 Å². The van der Waals surface area contributed by atoms with Crippen molar-refractivity contribution in [2.45, 2.75) is 39.2 Å². The Kier molecular flexibility index (Phi) is 3.71. The highest BCUT2D eigenvalue weighted by atomic mass is 16.5. The maximum atomic E-state index is 13.0. The first-order chi connectivity index (χ1) is 13.1. The maximum Gasteiger partial charge on any atom is 0.255 e. The van der Waals surface area contributed by atoms with E-state index in [1.54, 1.807) is 0 Å². The first-order valence-corrected chi connectivity index (χ1v) is 9.65. The molecule has 5 nitrogen and oxygen atoms in total. The largest absolute Gasteiger partial charge is 0.481 e. The number of hydrogen-bond acceptors (Lipinski definition) is 3. The van der Waals surface area contributed by atoms with Crippen molar-refractivity contribution in [3.63, 3.8) is 0 Å². The molecule has 138 valence electrons. The number of carbonyl (C=O) groups excluding carboxylic acids is 1. The summed E-state index contributed by atoms with van der Waals surface area (Å²) in [6.45, 7) is 5.74. The molecule has 0 bridgehead atoms. The van der Waals surface area contributed by atoms with Crippen LogP contribution in [-0.4, -0.2) is 33.3 Å². The summed E-state index contributed by atoms with van der Waals surface area (Å²) in [5.41, 5.74) is 5.79. The fourth-order valence-electron chi connectivity index (χ4n) is 4.03. The molecule has 0 aliphatic carbocycles. The zero-order valence-electron chi connectivity index (χ0n) is 15.7. The Morgan fingerprint density at radius 1 is 1.19 bits per heavy atom. The fraction of sp³-hybridized carbons (Fsp3) is 0.364. The number of benzene rings is 1. The van der Waals surface area contributed by atoms with Gasteiger partial charge in [0.1, 0.15) is 6.10 Å². The summed E-state index contributed by atoms with van der Waals surface area (Å²) < 4.78 is 8.49. The second-order valence-corrected chi connectivity index (χ2v) is 7.53. The minimum Gasteiger partial charge on any atom is -0.481 e. The summed E-state index contributed by atoms with van der Waals surface area (Å²) in [5, 5.41) is 0. The quantitative estimate of drug-likeness (QED) is 0.696. The van der Waals surface area contributed by atoms with Crippen LogP contribution in [0.15, 0.2) is 36.5 Å². The number of hydrogen-bond donors (Lipinski definition) is 0. The highest BCUT2D eigenvalue weighted by Crippen LogP contribution is 2.40. The van der Waals surface area contributed by atoms with Gasteiger partial charge in [0.15, 0.2) is 11.4 Å². The van der Waals surface area contributed by atoms with E-state index < -0.39 is 0 Å². The summed E-state index contributed by atoms with van der Waals surface area (Å²) >= 11 is 0. The zero-order chi connectivity index (χ0) is 18.5. The molecular weight excluding hydrogens is 338 g/mol. The van der Waals surface area contributed by atoms with E-state index in [-0.39, 0.29) is 12.0 Å². The maximum absolute atomic E-state index is 13.0. The average Bonchev–Trinajstić information content (AvgIpc) is 2.94. The predicted molar refractivity (Wildman–Crippen MR) is 103 cm³/mol. The molecule has 1 saturated heterocycles. The van der Waals surface area contributed by atoms with Crippen LogP contribution in [0.5, 0.6) is 5.75 Å². The van der Waals surface area contributed by atoms with E-state index in [4.69, 9.17) is 9.72 Å². The third-order valence-electron chi connectivity index (χ3n) is 5.91. The van der Waals surface area contributed by atoms with Crippen molar-refractivity contribution in [1.29, 1.82) is 0 Å². The van der Waals surface area contributed by atoms with Gasteiger partial charge in [-0.05, 0) is 38.7 Å². The van der Waals surface area contributed by atoms with Gasteiger partial charge in [-0.15, -0.1) is 0 Å². The molecule has 4 heterocycles. The Labute approximate surface area is 158 Å². The number of fused-ring (bicyclic) bond motifs is 3. The number of pyridine rings is 1. The van der Waals surface area contributed by atoms with Crippen molar-refractivity contribution in [2.75, 3.05) is 13.1 Å². The van der Waals surface area contributed by atoms with Crippen LogP contribution in [0.1, 0.15) is 51.8 Å². The standard InChI is InChI=1S/C22H23N3O2/c1-14-15(2)25-13-18(22(26)24-11-6-12-24)17-9-10-19(16-7-4-3-5-8-16)27-20(17)21(25)23-14/h3-5,7-8,13,19H,6,9-12H2,1-2H3/t19-/m1/s1. The van der Waals surface area contributed by atoms with Crippen LogP contribution >= 0.6 is 0 Å². The van der Waals surface area contributed by atoms with Crippen molar-refractivity contribution >= 4 is 11.6 Å². The molecule has 5 rings (SSSR count). The molecule has 2 aliphatic heterocycles. The smallest absolute Gasteiger partial charge is 0.255 e. The number of rotatable bonds is 2. The number of likely N-dealkylation sites (tertiary alicyclic amines) is 1. The van der Waals surface area contributed by atoms with E-state index in [2.05, 4.69) is 12.1 Å². The Morgan fingerprint density at radius 2 is 1.96 bits per heavy atom. The van der Waals surface area contributed by atoms with Gasteiger partial charge in [-0.25, -0.2) is 4.98 Å². The van der Waals surface area contributed by atoms with Crippen LogP contribution in [0.4, 0.5) is 0 Å². The molecule has 0 unspecified atom stereocenters. The van der Waals surface area contributed by atoms with Gasteiger partial charge in [0, 0.05) is 30.5 Å². The number of nitrogens with zero attached hydrogens (tertiary/aromatic N) is 3. The second-order valence-electron chi connectivity index (χ2n) is 7.53. The van der Waals surface area contributed by atoms with Crippen LogP contribution in [-0.2, 0) is 6.42 Å². The lowest BCUT2D eigenvalue weighted by atomic mass is 9.94. The van der Waals surface area contributed by atoms with Crippen LogP contribution < -0.4 is 4.74 Å². The third kappa shape index (κ3) is 2.52. The first-order valence-electron chi connectivity index (χ1n) is 9.65. The van der Waals surface area contributed by atoms with E-state index in [0.29, 0.717) is 0 Å². The Bertz CT molecular complexity index is 1030. The summed E-state index contributed by atoms with van der Waals surface area (Å²) in [7, 11) is 0. The van der Waals surface area contributed by atoms with E-state index in [9.17, 15) is 4.79 Å². The Morgan fingerprint density at radius 3 is 2.67 bits per heavy atom. The van der Waals surface area contributed by atoms with Gasteiger partial charge in [-0.3, -0.25) is 4.79 Å². The molecule has 0 spiro atoms. The summed E-state index contributed by atoms with van der Waals surface area (Å²) in [4.78, 5) is 19.7. The van der Waals surface area contributed by atoms with E-state index in [1.807, 2.05) is 47.5 Å². The van der Waals surface area contributed by atoms with E-state index >= 15 is 0 Å². The van der Waals surface area contributed by atoms with Crippen LogP contribution in [0, 0.1) is 13.8 Å². The molecule has 0 N–H and O–H groups in total. The molecule has 1 amide bonds. The Balaban J connectivity index is 1.66. The molecule has 3 aromatic rings. The number of aryl methyl sites for hydroxylation is 2. The van der Waals surface area contributed by atoms with Crippen LogP contribution in [0.25, 0.3) is 5.65 Å². The Hall–Kier alpha value is -2.82. The van der Waals surface area contributed by atoms with Crippen molar-refractivity contribution in [1.82, 2.24) is 14.3 Å². The minimum absolute atomic E-state index is 0.00540. The molecule has 2 aromatic heterocycles. The highest BCUT2D eigenvalue weighted by molar-refractivity contribution is 5.97. The van der Waals surface area contributed by atoms with Crippen LogP contribution in [0.3, 0.4) is 0 Å². The van der Waals surface area contributed by atoms with Crippen LogP contribution in [0.2, 0.25) is 0 Å². The summed E-state index contributed by atoms with van der Waals surface area (Å²) in [6, 6.07) is 10.3. The molecule has 1 fully saturated rings. The lowest BCUT2D eigenvalue weighted by Crippen LogP contribution is -2.42. The lowest BCUT2D eigenvalue weighted by molar-refractivity contribution is 0.0647. The molecule has 1 aromatic carbocycles. The lowest BCUT2D eigenvalue weighted by Gasteiger charge is -2.33. The highest BCUT2D eigenvalue weighted by Gasteiger charge is 2.32. The van der Waals surface area contributed by atoms with Crippen molar-refractivity contribution in [2.24, 2.45) is 0 Å².